The molecule has 8 nitrogen and oxygen atoms in total. The zero-order valence-electron chi connectivity index (χ0n) is 11.2. The summed E-state index contributed by atoms with van der Waals surface area (Å²) in [6, 6.07) is 14.9. The van der Waals surface area contributed by atoms with Crippen LogP contribution in [0, 0.1) is 0 Å². The standard InChI is InChI=1S/C14H14O8/c15-19-13(20-16,11-7-3-1-4-8-11)14(21-17,22-18)12-9-5-2-6-10-12/h1-10,15-18H. The first-order chi connectivity index (χ1) is 10.7. The molecule has 0 atom stereocenters. The van der Waals surface area contributed by atoms with Crippen molar-refractivity contribution in [1.82, 2.24) is 0 Å². The smallest absolute Gasteiger partial charge is 0.248 e. The lowest BCUT2D eigenvalue weighted by Gasteiger charge is -2.40. The van der Waals surface area contributed by atoms with Crippen LogP contribution in [0.15, 0.2) is 60.7 Å². The molecule has 0 spiro atoms. The molecule has 2 aromatic rings. The average molecular weight is 310 g/mol. The molecular weight excluding hydrogens is 296 g/mol. The second-order valence-corrected chi connectivity index (χ2v) is 4.33. The van der Waals surface area contributed by atoms with Gasteiger partial charge in [-0.3, -0.25) is 0 Å². The van der Waals surface area contributed by atoms with Crippen LogP contribution in [0.25, 0.3) is 0 Å². The molecule has 0 unspecified atom stereocenters. The Bertz CT molecular complexity index is 512. The van der Waals surface area contributed by atoms with E-state index in [0.717, 1.165) is 0 Å². The van der Waals surface area contributed by atoms with Gasteiger partial charge in [-0.1, -0.05) is 60.7 Å². The van der Waals surface area contributed by atoms with E-state index in [2.05, 4.69) is 19.6 Å². The Morgan fingerprint density at radius 1 is 0.500 bits per heavy atom. The summed E-state index contributed by atoms with van der Waals surface area (Å²) in [5, 5.41) is 37.3. The van der Waals surface area contributed by atoms with E-state index in [1.165, 1.54) is 48.5 Å². The molecule has 22 heavy (non-hydrogen) atoms. The summed E-state index contributed by atoms with van der Waals surface area (Å²) >= 11 is 0. The lowest BCUT2D eigenvalue weighted by atomic mass is 9.91. The molecule has 118 valence electrons. The molecule has 0 radical (unpaired) electrons. The van der Waals surface area contributed by atoms with Crippen molar-refractivity contribution in [1.29, 1.82) is 0 Å². The van der Waals surface area contributed by atoms with E-state index in [1.807, 2.05) is 0 Å². The molecule has 0 fully saturated rings. The summed E-state index contributed by atoms with van der Waals surface area (Å²) in [4.78, 5) is 16.9. The van der Waals surface area contributed by atoms with Gasteiger partial charge in [0.2, 0.25) is 0 Å². The Morgan fingerprint density at radius 2 is 0.773 bits per heavy atom. The molecule has 0 amide bonds. The van der Waals surface area contributed by atoms with E-state index >= 15 is 0 Å². The van der Waals surface area contributed by atoms with Crippen molar-refractivity contribution < 1.29 is 40.6 Å². The summed E-state index contributed by atoms with van der Waals surface area (Å²) in [5.74, 6) is -5.28. The normalized spacial score (nSPS) is 12.4. The van der Waals surface area contributed by atoms with Crippen molar-refractivity contribution in [3.05, 3.63) is 71.8 Å². The number of hydrogen-bond donors (Lipinski definition) is 4. The largest absolute Gasteiger partial charge is 0.321 e. The minimum atomic E-state index is -2.64. The summed E-state index contributed by atoms with van der Waals surface area (Å²) in [5.41, 5.74) is -0.0427. The van der Waals surface area contributed by atoms with Crippen molar-refractivity contribution in [2.75, 3.05) is 0 Å². The van der Waals surface area contributed by atoms with Crippen LogP contribution in [-0.2, 0) is 31.1 Å². The maximum absolute atomic E-state index is 9.32. The lowest BCUT2D eigenvalue weighted by Crippen LogP contribution is -2.55. The molecule has 0 bridgehead atoms. The number of rotatable bonds is 7. The highest BCUT2D eigenvalue weighted by atomic mass is 17.3. The minimum Gasteiger partial charge on any atom is -0.248 e. The van der Waals surface area contributed by atoms with Gasteiger partial charge in [0.05, 0.1) is 0 Å². The van der Waals surface area contributed by atoms with E-state index in [-0.39, 0.29) is 11.1 Å². The predicted octanol–water partition coefficient (Wildman–Crippen LogP) is 2.65. The fraction of sp³-hybridized carbons (Fsp3) is 0.143. The first kappa shape index (κ1) is 16.5. The third kappa shape index (κ3) is 2.39. The predicted molar refractivity (Wildman–Crippen MR) is 71.1 cm³/mol. The topological polar surface area (TPSA) is 118 Å². The third-order valence-electron chi connectivity index (χ3n) is 3.26. The number of benzene rings is 2. The van der Waals surface area contributed by atoms with Gasteiger partial charge in [0.1, 0.15) is 0 Å². The Labute approximate surface area is 125 Å². The monoisotopic (exact) mass is 310 g/mol. The molecule has 2 rings (SSSR count). The average Bonchev–Trinajstić information content (AvgIpc) is 2.61. The summed E-state index contributed by atoms with van der Waals surface area (Å²) in [6.45, 7) is 0. The third-order valence-corrected chi connectivity index (χ3v) is 3.26. The molecule has 0 aromatic heterocycles. The summed E-state index contributed by atoms with van der Waals surface area (Å²) in [6.07, 6.45) is 0. The molecule has 8 heteroatoms. The van der Waals surface area contributed by atoms with Gasteiger partial charge < -0.3 is 0 Å². The quantitative estimate of drug-likeness (QED) is 0.350. The molecule has 0 heterocycles. The van der Waals surface area contributed by atoms with Gasteiger partial charge in [0.15, 0.2) is 0 Å². The minimum absolute atomic E-state index is 0.0213. The Morgan fingerprint density at radius 3 is 1.00 bits per heavy atom. The van der Waals surface area contributed by atoms with E-state index in [0.29, 0.717) is 0 Å². The molecule has 0 saturated carbocycles. The highest BCUT2D eigenvalue weighted by molar-refractivity contribution is 5.30. The molecular formula is C14H14O8. The van der Waals surface area contributed by atoms with Crippen LogP contribution in [0.4, 0.5) is 0 Å². The van der Waals surface area contributed by atoms with Gasteiger partial charge >= 0.3 is 11.6 Å². The molecule has 0 aliphatic rings. The maximum Gasteiger partial charge on any atom is 0.321 e. The molecule has 4 N–H and O–H groups in total. The summed E-state index contributed by atoms with van der Waals surface area (Å²) in [7, 11) is 0. The van der Waals surface area contributed by atoms with Crippen LogP contribution in [0.2, 0.25) is 0 Å². The van der Waals surface area contributed by atoms with Crippen molar-refractivity contribution >= 4 is 0 Å². The zero-order valence-corrected chi connectivity index (χ0v) is 11.2. The fourth-order valence-electron chi connectivity index (χ4n) is 2.18. The van der Waals surface area contributed by atoms with Crippen molar-refractivity contribution in [3.63, 3.8) is 0 Å². The molecule has 0 saturated heterocycles. The van der Waals surface area contributed by atoms with Crippen LogP contribution in [0.5, 0.6) is 0 Å². The fourth-order valence-corrected chi connectivity index (χ4v) is 2.18. The number of hydrogen-bond acceptors (Lipinski definition) is 8. The Hall–Kier alpha value is -1.88. The van der Waals surface area contributed by atoms with Crippen molar-refractivity contribution in [2.24, 2.45) is 0 Å². The Kier molecular flexibility index (Phi) is 5.19. The second kappa shape index (κ2) is 6.92. The van der Waals surface area contributed by atoms with Crippen LogP contribution in [0.3, 0.4) is 0 Å². The first-order valence-electron chi connectivity index (χ1n) is 6.12. The van der Waals surface area contributed by atoms with Crippen LogP contribution in [-0.4, -0.2) is 21.0 Å². The van der Waals surface area contributed by atoms with Crippen LogP contribution < -0.4 is 0 Å². The van der Waals surface area contributed by atoms with Crippen molar-refractivity contribution in [3.8, 4) is 0 Å². The SMILES string of the molecule is OOC(OO)(c1ccccc1)C(OO)(OO)c1ccccc1. The van der Waals surface area contributed by atoms with Gasteiger partial charge in [0, 0.05) is 11.1 Å². The highest BCUT2D eigenvalue weighted by Gasteiger charge is 2.63. The van der Waals surface area contributed by atoms with Crippen molar-refractivity contribution in [2.45, 2.75) is 11.6 Å². The molecule has 0 aliphatic heterocycles. The van der Waals surface area contributed by atoms with E-state index in [4.69, 9.17) is 0 Å². The van der Waals surface area contributed by atoms with Crippen LogP contribution in [0.1, 0.15) is 11.1 Å². The molecule has 0 aliphatic carbocycles. The Balaban J connectivity index is 2.71. The van der Waals surface area contributed by atoms with Gasteiger partial charge in [-0.15, -0.1) is 0 Å². The summed E-state index contributed by atoms with van der Waals surface area (Å²) < 4.78 is 0. The maximum atomic E-state index is 9.32. The zero-order chi connectivity index (χ0) is 16.1. The van der Waals surface area contributed by atoms with Crippen LogP contribution >= 0.6 is 0 Å². The highest BCUT2D eigenvalue weighted by Crippen LogP contribution is 2.46. The van der Waals surface area contributed by atoms with Gasteiger partial charge in [0.25, 0.3) is 0 Å². The first-order valence-corrected chi connectivity index (χ1v) is 6.12. The molecule has 2 aromatic carbocycles. The lowest BCUT2D eigenvalue weighted by molar-refractivity contribution is -0.630. The van der Waals surface area contributed by atoms with Gasteiger partial charge in [-0.2, -0.15) is 19.6 Å². The van der Waals surface area contributed by atoms with E-state index in [9.17, 15) is 21.0 Å². The van der Waals surface area contributed by atoms with Gasteiger partial charge in [-0.05, 0) is 0 Å². The van der Waals surface area contributed by atoms with E-state index < -0.39 is 11.6 Å². The van der Waals surface area contributed by atoms with E-state index in [1.54, 1.807) is 12.1 Å². The second-order valence-electron chi connectivity index (χ2n) is 4.33. The van der Waals surface area contributed by atoms with Gasteiger partial charge in [-0.25, -0.2) is 21.0 Å².